The van der Waals surface area contributed by atoms with Gasteiger partial charge < -0.3 is 14.1 Å². The van der Waals surface area contributed by atoms with E-state index in [1.54, 1.807) is 11.8 Å². The minimum Gasteiger partial charge on any atom is -0.419 e. The molecule has 1 atom stereocenters. The van der Waals surface area contributed by atoms with Crippen molar-refractivity contribution in [3.8, 4) is 17.1 Å². The van der Waals surface area contributed by atoms with Gasteiger partial charge in [-0.25, -0.2) is 0 Å². The van der Waals surface area contributed by atoms with Crippen LogP contribution in [0.2, 0.25) is 0 Å². The van der Waals surface area contributed by atoms with Gasteiger partial charge in [-0.1, -0.05) is 47.2 Å². The van der Waals surface area contributed by atoms with Crippen molar-refractivity contribution in [2.75, 3.05) is 31.2 Å². The van der Waals surface area contributed by atoms with E-state index >= 15 is 0 Å². The first kappa shape index (κ1) is 21.7. The van der Waals surface area contributed by atoms with Crippen molar-refractivity contribution >= 4 is 17.7 Å². The van der Waals surface area contributed by atoms with Crippen LogP contribution in [0.25, 0.3) is 17.1 Å². The van der Waals surface area contributed by atoms with Crippen LogP contribution in [0.15, 0.2) is 58.1 Å². The molecule has 0 aliphatic carbocycles. The number of aromatic nitrogens is 5. The highest BCUT2D eigenvalue weighted by molar-refractivity contribution is 7.99. The van der Waals surface area contributed by atoms with Gasteiger partial charge in [0.1, 0.15) is 0 Å². The van der Waals surface area contributed by atoms with Crippen molar-refractivity contribution in [1.29, 1.82) is 0 Å². The van der Waals surface area contributed by atoms with E-state index in [1.165, 1.54) is 11.1 Å². The highest BCUT2D eigenvalue weighted by atomic mass is 32.2. The molecule has 1 fully saturated rings. The Bertz CT molecular complexity index is 1210. The summed E-state index contributed by atoms with van der Waals surface area (Å²) in [6.07, 6.45) is 0. The van der Waals surface area contributed by atoms with Crippen molar-refractivity contribution in [2.24, 2.45) is 0 Å². The van der Waals surface area contributed by atoms with Crippen LogP contribution in [-0.4, -0.2) is 51.3 Å². The second-order valence-corrected chi connectivity index (χ2v) is 9.43. The summed E-state index contributed by atoms with van der Waals surface area (Å²) in [5.41, 5.74) is 4.33. The Labute approximate surface area is 197 Å². The lowest BCUT2D eigenvalue weighted by Crippen LogP contribution is -2.37. The van der Waals surface area contributed by atoms with Crippen LogP contribution in [0.4, 0.5) is 5.95 Å². The topological polar surface area (TPSA) is 82.1 Å². The number of thioether (sulfide) groups is 1. The first-order valence-corrected chi connectivity index (χ1v) is 11.9. The fraction of sp³-hybridized carbons (Fsp3) is 0.333. The van der Waals surface area contributed by atoms with Crippen LogP contribution in [0, 0.1) is 13.8 Å². The van der Waals surface area contributed by atoms with Gasteiger partial charge in [0, 0.05) is 18.7 Å². The molecule has 0 bridgehead atoms. The summed E-state index contributed by atoms with van der Waals surface area (Å²) in [4.78, 5) is 2.22. The highest BCUT2D eigenvalue weighted by Gasteiger charge is 2.25. The molecule has 2 aromatic heterocycles. The number of anilines is 1. The average Bonchev–Trinajstić information content (AvgIpc) is 3.49. The van der Waals surface area contributed by atoms with Crippen LogP contribution >= 0.6 is 11.8 Å². The smallest absolute Gasteiger partial charge is 0.247 e. The molecule has 1 aliphatic rings. The zero-order valence-electron chi connectivity index (χ0n) is 18.9. The van der Waals surface area contributed by atoms with Crippen LogP contribution in [0.3, 0.4) is 0 Å². The Hall–Kier alpha value is -3.17. The molecule has 1 unspecified atom stereocenters. The number of morpholine rings is 1. The molecule has 3 heterocycles. The summed E-state index contributed by atoms with van der Waals surface area (Å²) in [5.74, 6) is 1.90. The molecule has 33 heavy (non-hydrogen) atoms. The maximum absolute atomic E-state index is 6.00. The van der Waals surface area contributed by atoms with Gasteiger partial charge >= 0.3 is 0 Å². The van der Waals surface area contributed by atoms with Crippen molar-refractivity contribution in [1.82, 2.24) is 25.0 Å². The summed E-state index contributed by atoms with van der Waals surface area (Å²) in [6.45, 7) is 9.11. The van der Waals surface area contributed by atoms with E-state index in [0.29, 0.717) is 25.0 Å². The summed E-state index contributed by atoms with van der Waals surface area (Å²) in [7, 11) is 0. The molecule has 1 saturated heterocycles. The van der Waals surface area contributed by atoms with Crippen LogP contribution in [0.5, 0.6) is 0 Å². The monoisotopic (exact) mass is 462 g/mol. The largest absolute Gasteiger partial charge is 0.419 e. The quantitative estimate of drug-likeness (QED) is 0.384. The molecule has 170 valence electrons. The number of ether oxygens (including phenoxy) is 1. The first-order chi connectivity index (χ1) is 16.1. The van der Waals surface area contributed by atoms with Crippen molar-refractivity contribution < 1.29 is 9.15 Å². The zero-order chi connectivity index (χ0) is 22.8. The van der Waals surface area contributed by atoms with Gasteiger partial charge in [0.25, 0.3) is 0 Å². The maximum atomic E-state index is 6.00. The van der Waals surface area contributed by atoms with Crippen molar-refractivity contribution in [3.05, 3.63) is 65.5 Å². The molecular formula is C24H26N6O2S. The van der Waals surface area contributed by atoms with E-state index in [9.17, 15) is 0 Å². The molecule has 0 saturated carbocycles. The third-order valence-corrected chi connectivity index (χ3v) is 6.60. The molecule has 0 amide bonds. The second kappa shape index (κ2) is 9.36. The molecule has 1 aliphatic heterocycles. The van der Waals surface area contributed by atoms with Crippen LogP contribution < -0.4 is 4.90 Å². The predicted molar refractivity (Wildman–Crippen MR) is 128 cm³/mol. The SMILES string of the molecule is Cc1ccc(-c2nnc(C(C)Sc3nnc(N4CCOCC4)n3-c3ccc(C)cc3)o2)cc1. The molecule has 0 radical (unpaired) electrons. The Morgan fingerprint density at radius 1 is 0.848 bits per heavy atom. The van der Waals surface area contributed by atoms with E-state index in [2.05, 4.69) is 68.0 Å². The molecule has 9 heteroatoms. The fourth-order valence-electron chi connectivity index (χ4n) is 3.65. The van der Waals surface area contributed by atoms with E-state index in [4.69, 9.17) is 9.15 Å². The minimum absolute atomic E-state index is 0.0948. The molecule has 8 nitrogen and oxygen atoms in total. The summed E-state index contributed by atoms with van der Waals surface area (Å²) < 4.78 is 13.6. The van der Waals surface area contributed by atoms with Crippen LogP contribution in [0.1, 0.15) is 29.2 Å². The van der Waals surface area contributed by atoms with Gasteiger partial charge in [0.05, 0.1) is 24.2 Å². The normalized spacial score (nSPS) is 15.1. The van der Waals surface area contributed by atoms with Gasteiger partial charge in [0.15, 0.2) is 5.16 Å². The maximum Gasteiger partial charge on any atom is 0.247 e. The second-order valence-electron chi connectivity index (χ2n) is 8.12. The highest BCUT2D eigenvalue weighted by Crippen LogP contribution is 2.37. The van der Waals surface area contributed by atoms with Gasteiger partial charge in [-0.3, -0.25) is 4.57 Å². The number of benzene rings is 2. The Morgan fingerprint density at radius 3 is 2.21 bits per heavy atom. The third-order valence-electron chi connectivity index (χ3n) is 5.57. The number of nitrogens with zero attached hydrogens (tertiary/aromatic N) is 6. The molecule has 2 aromatic carbocycles. The molecular weight excluding hydrogens is 436 g/mol. The zero-order valence-corrected chi connectivity index (χ0v) is 19.7. The third kappa shape index (κ3) is 4.65. The van der Waals surface area contributed by atoms with Gasteiger partial charge in [-0.15, -0.1) is 20.4 Å². The molecule has 0 N–H and O–H groups in total. The van der Waals surface area contributed by atoms with Gasteiger partial charge in [0.2, 0.25) is 17.7 Å². The predicted octanol–water partition coefficient (Wildman–Crippen LogP) is 4.62. The molecule has 5 rings (SSSR count). The molecule has 4 aromatic rings. The summed E-state index contributed by atoms with van der Waals surface area (Å²) >= 11 is 1.55. The number of hydrogen-bond donors (Lipinski definition) is 0. The molecule has 0 spiro atoms. The Morgan fingerprint density at radius 2 is 1.52 bits per heavy atom. The standard InChI is InChI=1S/C24H26N6O2S/c1-16-4-8-19(9-5-16)22-26-25-21(32-22)18(3)33-24-28-27-23(29-12-14-31-15-13-29)30(24)20-10-6-17(2)7-11-20/h4-11,18H,12-15H2,1-3H3. The summed E-state index contributed by atoms with van der Waals surface area (Å²) in [6, 6.07) is 16.5. The Balaban J connectivity index is 1.43. The number of rotatable bonds is 6. The summed E-state index contributed by atoms with van der Waals surface area (Å²) in [5, 5.41) is 18.3. The van der Waals surface area contributed by atoms with Crippen LogP contribution in [-0.2, 0) is 4.74 Å². The van der Waals surface area contributed by atoms with Gasteiger partial charge in [-0.2, -0.15) is 0 Å². The lowest BCUT2D eigenvalue weighted by Gasteiger charge is -2.28. The lowest BCUT2D eigenvalue weighted by molar-refractivity contribution is 0.122. The van der Waals surface area contributed by atoms with E-state index in [1.807, 2.05) is 31.2 Å². The average molecular weight is 463 g/mol. The minimum atomic E-state index is -0.0948. The van der Waals surface area contributed by atoms with Crippen molar-refractivity contribution in [3.63, 3.8) is 0 Å². The van der Waals surface area contributed by atoms with Crippen molar-refractivity contribution in [2.45, 2.75) is 31.2 Å². The van der Waals surface area contributed by atoms with E-state index in [-0.39, 0.29) is 5.25 Å². The Kier molecular flexibility index (Phi) is 6.15. The van der Waals surface area contributed by atoms with E-state index < -0.39 is 0 Å². The fourth-order valence-corrected chi connectivity index (χ4v) is 4.54. The number of aryl methyl sites for hydroxylation is 2. The van der Waals surface area contributed by atoms with E-state index in [0.717, 1.165) is 35.4 Å². The van der Waals surface area contributed by atoms with Gasteiger partial charge in [-0.05, 0) is 45.0 Å². The lowest BCUT2D eigenvalue weighted by atomic mass is 10.1. The number of hydrogen-bond acceptors (Lipinski definition) is 8. The first-order valence-electron chi connectivity index (χ1n) is 11.0.